The maximum Gasteiger partial charge on any atom is 0.283 e. The maximum atomic E-state index is 10.7. The van der Waals surface area contributed by atoms with Crippen LogP contribution in [0, 0.1) is 21.4 Å². The Labute approximate surface area is 94.8 Å². The second-order valence-electron chi connectivity index (χ2n) is 3.59. The molecule has 0 amide bonds. The molecule has 0 aromatic heterocycles. The van der Waals surface area contributed by atoms with E-state index in [4.69, 9.17) is 5.26 Å². The first-order chi connectivity index (χ1) is 7.10. The van der Waals surface area contributed by atoms with Gasteiger partial charge in [-0.1, -0.05) is 12.1 Å². The van der Waals surface area contributed by atoms with Gasteiger partial charge in [0, 0.05) is 6.07 Å². The highest BCUT2D eigenvalue weighted by Gasteiger charge is 2.47. The van der Waals surface area contributed by atoms with Crippen molar-refractivity contribution in [1.82, 2.24) is 0 Å². The van der Waals surface area contributed by atoms with Gasteiger partial charge in [0.2, 0.25) is 0 Å². The Kier molecular flexibility index (Phi) is 2.24. The molecule has 0 saturated heterocycles. The molecule has 4 nitrogen and oxygen atoms in total. The van der Waals surface area contributed by atoms with Crippen molar-refractivity contribution in [2.75, 3.05) is 0 Å². The first-order valence-electron chi connectivity index (χ1n) is 4.45. The Morgan fingerprint density at radius 1 is 1.53 bits per heavy atom. The second-order valence-corrected chi connectivity index (χ2v) is 4.38. The normalized spacial score (nSPS) is 16.8. The summed E-state index contributed by atoms with van der Waals surface area (Å²) in [6, 6.07) is 7.05. The minimum atomic E-state index is -0.495. The van der Waals surface area contributed by atoms with Gasteiger partial charge in [-0.2, -0.15) is 5.26 Å². The summed E-state index contributed by atoms with van der Waals surface area (Å²) in [5, 5.41) is 19.7. The molecule has 76 valence electrons. The highest BCUT2D eigenvalue weighted by molar-refractivity contribution is 9.10. The molecule has 5 heteroatoms. The molecule has 1 aromatic rings. The van der Waals surface area contributed by atoms with Gasteiger partial charge in [0.15, 0.2) is 0 Å². The Hall–Kier alpha value is -1.41. The third kappa shape index (κ3) is 1.51. The summed E-state index contributed by atoms with van der Waals surface area (Å²) < 4.78 is 0.439. The maximum absolute atomic E-state index is 10.7. The van der Waals surface area contributed by atoms with Gasteiger partial charge < -0.3 is 0 Å². The van der Waals surface area contributed by atoms with Crippen LogP contribution in [-0.4, -0.2) is 4.92 Å². The van der Waals surface area contributed by atoms with Crippen molar-refractivity contribution >= 4 is 21.6 Å². The Morgan fingerprint density at radius 2 is 2.20 bits per heavy atom. The van der Waals surface area contributed by atoms with Crippen LogP contribution in [0.1, 0.15) is 18.4 Å². The Balaban J connectivity index is 2.56. The molecule has 0 bridgehead atoms. The molecule has 0 unspecified atom stereocenters. The van der Waals surface area contributed by atoms with E-state index in [1.807, 2.05) is 0 Å². The number of nitriles is 1. The summed E-state index contributed by atoms with van der Waals surface area (Å²) in [6.07, 6.45) is 1.56. The third-order valence-corrected chi connectivity index (χ3v) is 3.49. The van der Waals surface area contributed by atoms with E-state index < -0.39 is 10.3 Å². The molecular weight excluding hydrogens is 260 g/mol. The van der Waals surface area contributed by atoms with E-state index in [-0.39, 0.29) is 5.69 Å². The van der Waals surface area contributed by atoms with Crippen LogP contribution in [0.15, 0.2) is 22.7 Å². The highest BCUT2D eigenvalue weighted by atomic mass is 79.9. The average molecular weight is 267 g/mol. The predicted octanol–water partition coefficient (Wildman–Crippen LogP) is 2.91. The van der Waals surface area contributed by atoms with Gasteiger partial charge in [-0.05, 0) is 34.3 Å². The predicted molar refractivity (Wildman–Crippen MR) is 57.3 cm³/mol. The van der Waals surface area contributed by atoms with E-state index in [0.717, 1.165) is 18.4 Å². The van der Waals surface area contributed by atoms with Crippen molar-refractivity contribution in [1.29, 1.82) is 5.26 Å². The zero-order valence-corrected chi connectivity index (χ0v) is 9.32. The summed E-state index contributed by atoms with van der Waals surface area (Å²) in [5.74, 6) is 0. The number of nitrogens with zero attached hydrogens (tertiary/aromatic N) is 2. The molecule has 0 heterocycles. The van der Waals surface area contributed by atoms with Crippen LogP contribution in [-0.2, 0) is 5.41 Å². The van der Waals surface area contributed by atoms with E-state index in [2.05, 4.69) is 22.0 Å². The molecule has 15 heavy (non-hydrogen) atoms. The fraction of sp³-hybridized carbons (Fsp3) is 0.300. The van der Waals surface area contributed by atoms with Crippen LogP contribution in [0.5, 0.6) is 0 Å². The molecule has 1 fully saturated rings. The van der Waals surface area contributed by atoms with Gasteiger partial charge in [-0.15, -0.1) is 0 Å². The van der Waals surface area contributed by atoms with Crippen LogP contribution in [0.2, 0.25) is 0 Å². The molecule has 0 spiro atoms. The topological polar surface area (TPSA) is 66.9 Å². The second kappa shape index (κ2) is 3.31. The Bertz CT molecular complexity index is 475. The van der Waals surface area contributed by atoms with Crippen molar-refractivity contribution < 1.29 is 4.92 Å². The molecule has 0 aliphatic heterocycles. The number of hydrogen-bond acceptors (Lipinski definition) is 3. The lowest BCUT2D eigenvalue weighted by Gasteiger charge is -2.08. The van der Waals surface area contributed by atoms with Gasteiger partial charge in [-0.3, -0.25) is 10.1 Å². The van der Waals surface area contributed by atoms with Crippen LogP contribution >= 0.6 is 15.9 Å². The standard InChI is InChI=1S/C10H7BrN2O2/c11-9-7(10(6-12)4-5-10)2-1-3-8(9)13(14)15/h1-3H,4-5H2. The molecule has 1 aliphatic rings. The lowest BCUT2D eigenvalue weighted by molar-refractivity contribution is -0.385. The summed E-state index contributed by atoms with van der Waals surface area (Å²) >= 11 is 3.21. The van der Waals surface area contributed by atoms with Gasteiger partial charge in [-0.25, -0.2) is 0 Å². The third-order valence-electron chi connectivity index (χ3n) is 2.65. The van der Waals surface area contributed by atoms with Crippen LogP contribution in [0.4, 0.5) is 5.69 Å². The van der Waals surface area contributed by atoms with Crippen LogP contribution in [0.3, 0.4) is 0 Å². The van der Waals surface area contributed by atoms with Gasteiger partial charge in [0.25, 0.3) is 5.69 Å². The first kappa shape index (κ1) is 10.1. The number of rotatable bonds is 2. The van der Waals surface area contributed by atoms with Crippen molar-refractivity contribution in [2.45, 2.75) is 18.3 Å². The molecule has 1 aliphatic carbocycles. The number of nitro benzene ring substituents is 1. The molecule has 0 atom stereocenters. The Morgan fingerprint density at radius 3 is 2.67 bits per heavy atom. The van der Waals surface area contributed by atoms with E-state index in [0.29, 0.717) is 4.47 Å². The van der Waals surface area contributed by atoms with E-state index in [1.165, 1.54) is 6.07 Å². The van der Waals surface area contributed by atoms with Crippen LogP contribution < -0.4 is 0 Å². The fourth-order valence-electron chi connectivity index (χ4n) is 1.60. The number of nitro groups is 1. The molecule has 1 aromatic carbocycles. The lowest BCUT2D eigenvalue weighted by atomic mass is 9.97. The van der Waals surface area contributed by atoms with Gasteiger partial charge >= 0.3 is 0 Å². The minimum Gasteiger partial charge on any atom is -0.258 e. The average Bonchev–Trinajstić information content (AvgIpc) is 2.98. The van der Waals surface area contributed by atoms with Gasteiger partial charge in [0.05, 0.1) is 20.9 Å². The minimum absolute atomic E-state index is 0.0222. The highest BCUT2D eigenvalue weighted by Crippen LogP contribution is 2.51. The molecule has 0 radical (unpaired) electrons. The largest absolute Gasteiger partial charge is 0.283 e. The van der Waals surface area contributed by atoms with Crippen molar-refractivity contribution in [2.24, 2.45) is 0 Å². The van der Waals surface area contributed by atoms with Crippen molar-refractivity contribution in [3.05, 3.63) is 38.3 Å². The molecular formula is C10H7BrN2O2. The van der Waals surface area contributed by atoms with Crippen molar-refractivity contribution in [3.63, 3.8) is 0 Å². The van der Waals surface area contributed by atoms with Gasteiger partial charge in [0.1, 0.15) is 0 Å². The smallest absolute Gasteiger partial charge is 0.258 e. The first-order valence-corrected chi connectivity index (χ1v) is 5.25. The monoisotopic (exact) mass is 266 g/mol. The number of halogens is 1. The van der Waals surface area contributed by atoms with Crippen molar-refractivity contribution in [3.8, 4) is 6.07 Å². The zero-order chi connectivity index (χ0) is 11.1. The lowest BCUT2D eigenvalue weighted by Crippen LogP contribution is -2.05. The number of hydrogen-bond donors (Lipinski definition) is 0. The molecule has 1 saturated carbocycles. The van der Waals surface area contributed by atoms with Crippen LogP contribution in [0.25, 0.3) is 0 Å². The summed E-state index contributed by atoms with van der Waals surface area (Å²) in [4.78, 5) is 10.3. The quantitative estimate of drug-likeness (QED) is 0.611. The zero-order valence-electron chi connectivity index (χ0n) is 7.74. The summed E-state index contributed by atoms with van der Waals surface area (Å²) in [7, 11) is 0. The fourth-order valence-corrected chi connectivity index (χ4v) is 2.39. The van der Waals surface area contributed by atoms with E-state index >= 15 is 0 Å². The number of benzene rings is 1. The summed E-state index contributed by atoms with van der Waals surface area (Å²) in [6.45, 7) is 0. The van der Waals surface area contributed by atoms with E-state index in [1.54, 1.807) is 12.1 Å². The van der Waals surface area contributed by atoms with E-state index in [9.17, 15) is 10.1 Å². The molecule has 2 rings (SSSR count). The summed E-state index contributed by atoms with van der Waals surface area (Å²) in [5.41, 5.74) is 0.262. The molecule has 0 N–H and O–H groups in total. The SMILES string of the molecule is N#CC1(c2cccc([N+](=O)[O-])c2Br)CC1.